The van der Waals surface area contributed by atoms with E-state index in [2.05, 4.69) is 45.1 Å². The van der Waals surface area contributed by atoms with E-state index in [9.17, 15) is 0 Å². The minimum atomic E-state index is 0.752. The highest BCUT2D eigenvalue weighted by Crippen LogP contribution is 2.23. The van der Waals surface area contributed by atoms with Crippen molar-refractivity contribution in [2.75, 3.05) is 13.1 Å². The van der Waals surface area contributed by atoms with E-state index in [0.29, 0.717) is 0 Å². The highest BCUT2D eigenvalue weighted by atomic mass is 35.5. The second-order valence-corrected chi connectivity index (χ2v) is 5.72. The SMILES string of the molecule is CCNCCC(C)CCc1cc(C)c(C)cc1Cl. The van der Waals surface area contributed by atoms with Crippen LogP contribution in [0, 0.1) is 19.8 Å². The second kappa shape index (κ2) is 7.81. The van der Waals surface area contributed by atoms with Gasteiger partial charge in [-0.25, -0.2) is 0 Å². The number of rotatable bonds is 7. The third-order valence-electron chi connectivity index (χ3n) is 3.63. The van der Waals surface area contributed by atoms with Crippen molar-refractivity contribution in [3.63, 3.8) is 0 Å². The smallest absolute Gasteiger partial charge is 0.0440 e. The van der Waals surface area contributed by atoms with Gasteiger partial charge in [-0.1, -0.05) is 31.5 Å². The van der Waals surface area contributed by atoms with Gasteiger partial charge in [0.05, 0.1) is 0 Å². The lowest BCUT2D eigenvalue weighted by molar-refractivity contribution is 0.474. The molecular weight excluding hydrogens is 242 g/mol. The van der Waals surface area contributed by atoms with Crippen LogP contribution in [0.15, 0.2) is 12.1 Å². The maximum atomic E-state index is 6.30. The Morgan fingerprint density at radius 1 is 1.17 bits per heavy atom. The summed E-state index contributed by atoms with van der Waals surface area (Å²) in [7, 11) is 0. The van der Waals surface area contributed by atoms with Crippen molar-refractivity contribution in [1.29, 1.82) is 0 Å². The zero-order chi connectivity index (χ0) is 13.5. The summed E-state index contributed by atoms with van der Waals surface area (Å²) < 4.78 is 0. The van der Waals surface area contributed by atoms with Gasteiger partial charge in [0, 0.05) is 5.02 Å². The molecule has 0 saturated heterocycles. The third kappa shape index (κ3) is 4.99. The van der Waals surface area contributed by atoms with E-state index in [4.69, 9.17) is 11.6 Å². The van der Waals surface area contributed by atoms with Crippen LogP contribution in [0.4, 0.5) is 0 Å². The number of hydrogen-bond donors (Lipinski definition) is 1. The second-order valence-electron chi connectivity index (χ2n) is 5.31. The molecular formula is C16H26ClN. The molecule has 18 heavy (non-hydrogen) atoms. The zero-order valence-corrected chi connectivity index (χ0v) is 12.9. The van der Waals surface area contributed by atoms with Crippen LogP contribution in [0.5, 0.6) is 0 Å². The van der Waals surface area contributed by atoms with Gasteiger partial charge in [-0.3, -0.25) is 0 Å². The summed E-state index contributed by atoms with van der Waals surface area (Å²) in [5.74, 6) is 0.752. The van der Waals surface area contributed by atoms with E-state index in [-0.39, 0.29) is 0 Å². The molecule has 0 amide bonds. The Bertz CT molecular complexity index is 374. The van der Waals surface area contributed by atoms with Crippen molar-refractivity contribution < 1.29 is 0 Å². The van der Waals surface area contributed by atoms with Crippen LogP contribution < -0.4 is 5.32 Å². The molecule has 1 aromatic rings. The number of halogens is 1. The van der Waals surface area contributed by atoms with Gasteiger partial charge in [-0.2, -0.15) is 0 Å². The van der Waals surface area contributed by atoms with Gasteiger partial charge in [0.15, 0.2) is 0 Å². The number of hydrogen-bond acceptors (Lipinski definition) is 1. The van der Waals surface area contributed by atoms with Crippen LogP contribution in [-0.4, -0.2) is 13.1 Å². The normalized spacial score (nSPS) is 12.7. The molecule has 1 atom stereocenters. The summed E-state index contributed by atoms with van der Waals surface area (Å²) >= 11 is 6.30. The van der Waals surface area contributed by atoms with Gasteiger partial charge >= 0.3 is 0 Å². The predicted octanol–water partition coefficient (Wildman–Crippen LogP) is 4.53. The summed E-state index contributed by atoms with van der Waals surface area (Å²) in [5.41, 5.74) is 3.92. The molecule has 1 N–H and O–H groups in total. The number of nitrogens with one attached hydrogen (secondary N) is 1. The highest BCUT2D eigenvalue weighted by Gasteiger charge is 2.07. The molecule has 1 unspecified atom stereocenters. The molecule has 0 aliphatic carbocycles. The molecule has 0 radical (unpaired) electrons. The largest absolute Gasteiger partial charge is 0.317 e. The molecule has 0 spiro atoms. The fraction of sp³-hybridized carbons (Fsp3) is 0.625. The Balaban J connectivity index is 2.45. The van der Waals surface area contributed by atoms with E-state index in [1.54, 1.807) is 0 Å². The Morgan fingerprint density at radius 3 is 2.50 bits per heavy atom. The first kappa shape index (κ1) is 15.5. The highest BCUT2D eigenvalue weighted by molar-refractivity contribution is 6.31. The third-order valence-corrected chi connectivity index (χ3v) is 3.98. The summed E-state index contributed by atoms with van der Waals surface area (Å²) in [6.07, 6.45) is 3.55. The Hall–Kier alpha value is -0.530. The van der Waals surface area contributed by atoms with Gasteiger partial charge in [0.2, 0.25) is 0 Å². The molecule has 102 valence electrons. The lowest BCUT2D eigenvalue weighted by Crippen LogP contribution is -2.16. The van der Waals surface area contributed by atoms with Crippen molar-refractivity contribution >= 4 is 11.6 Å². The van der Waals surface area contributed by atoms with Gasteiger partial charge in [0.25, 0.3) is 0 Å². The van der Waals surface area contributed by atoms with Crippen molar-refractivity contribution in [3.05, 3.63) is 33.8 Å². The van der Waals surface area contributed by atoms with Crippen molar-refractivity contribution in [2.45, 2.75) is 47.0 Å². The molecule has 0 aromatic heterocycles. The maximum absolute atomic E-state index is 6.30. The number of benzene rings is 1. The summed E-state index contributed by atoms with van der Waals surface area (Å²) in [4.78, 5) is 0. The minimum absolute atomic E-state index is 0.752. The molecule has 2 heteroatoms. The quantitative estimate of drug-likeness (QED) is 0.716. The molecule has 0 aliphatic heterocycles. The molecule has 1 nitrogen and oxygen atoms in total. The van der Waals surface area contributed by atoms with E-state index in [0.717, 1.165) is 30.5 Å². The molecule has 1 aromatic carbocycles. The molecule has 0 saturated carbocycles. The van der Waals surface area contributed by atoms with Crippen LogP contribution in [0.25, 0.3) is 0 Å². The van der Waals surface area contributed by atoms with Gasteiger partial charge in [0.1, 0.15) is 0 Å². The lowest BCUT2D eigenvalue weighted by Gasteiger charge is -2.13. The standard InChI is InChI=1S/C16H26ClN/c1-5-18-9-8-12(2)6-7-15-10-13(3)14(4)11-16(15)17/h10-12,18H,5-9H2,1-4H3. The summed E-state index contributed by atoms with van der Waals surface area (Å²) in [6.45, 7) is 10.9. The first-order valence-electron chi connectivity index (χ1n) is 7.01. The van der Waals surface area contributed by atoms with Crippen LogP contribution in [-0.2, 0) is 6.42 Å². The number of aryl methyl sites for hydroxylation is 3. The predicted molar refractivity (Wildman–Crippen MR) is 81.6 cm³/mol. The van der Waals surface area contributed by atoms with Gasteiger partial charge < -0.3 is 5.32 Å². The first-order chi connectivity index (χ1) is 8.54. The van der Waals surface area contributed by atoms with E-state index < -0.39 is 0 Å². The topological polar surface area (TPSA) is 12.0 Å². The average Bonchev–Trinajstić information content (AvgIpc) is 2.32. The lowest BCUT2D eigenvalue weighted by atomic mass is 9.96. The molecule has 1 rings (SSSR count). The van der Waals surface area contributed by atoms with Gasteiger partial charge in [-0.15, -0.1) is 0 Å². The van der Waals surface area contributed by atoms with Crippen molar-refractivity contribution in [2.24, 2.45) is 5.92 Å². The minimum Gasteiger partial charge on any atom is -0.317 e. The molecule has 0 heterocycles. The van der Waals surface area contributed by atoms with Crippen LogP contribution in [0.3, 0.4) is 0 Å². The summed E-state index contributed by atoms with van der Waals surface area (Å²) in [5, 5.41) is 4.31. The molecule has 0 aliphatic rings. The average molecular weight is 268 g/mol. The molecule has 0 bridgehead atoms. The zero-order valence-electron chi connectivity index (χ0n) is 12.1. The summed E-state index contributed by atoms with van der Waals surface area (Å²) in [6, 6.07) is 4.34. The van der Waals surface area contributed by atoms with Crippen LogP contribution >= 0.6 is 11.6 Å². The Labute approximate surface area is 117 Å². The van der Waals surface area contributed by atoms with E-state index in [1.165, 1.54) is 29.5 Å². The van der Waals surface area contributed by atoms with Crippen LogP contribution in [0.1, 0.15) is 43.4 Å². The van der Waals surface area contributed by atoms with Crippen molar-refractivity contribution in [1.82, 2.24) is 5.32 Å². The van der Waals surface area contributed by atoms with Crippen LogP contribution in [0.2, 0.25) is 5.02 Å². The van der Waals surface area contributed by atoms with E-state index >= 15 is 0 Å². The fourth-order valence-corrected chi connectivity index (χ4v) is 2.42. The Morgan fingerprint density at radius 2 is 1.83 bits per heavy atom. The van der Waals surface area contributed by atoms with E-state index in [1.807, 2.05) is 0 Å². The first-order valence-corrected chi connectivity index (χ1v) is 7.38. The van der Waals surface area contributed by atoms with Gasteiger partial charge in [-0.05, 0) is 74.9 Å². The fourth-order valence-electron chi connectivity index (χ4n) is 2.10. The monoisotopic (exact) mass is 267 g/mol. The Kier molecular flexibility index (Phi) is 6.73. The van der Waals surface area contributed by atoms with Crippen molar-refractivity contribution in [3.8, 4) is 0 Å². The molecule has 0 fully saturated rings. The maximum Gasteiger partial charge on any atom is 0.0440 e.